The topological polar surface area (TPSA) is 75.8 Å². The van der Waals surface area contributed by atoms with Crippen molar-refractivity contribution in [2.75, 3.05) is 5.01 Å². The summed E-state index contributed by atoms with van der Waals surface area (Å²) in [5, 5.41) is 1.38. The van der Waals surface area contributed by atoms with Crippen LogP contribution in [-0.4, -0.2) is 14.3 Å². The molecule has 2 N–H and O–H groups in total. The van der Waals surface area contributed by atoms with E-state index in [1.165, 1.54) is 24.3 Å². The van der Waals surface area contributed by atoms with E-state index in [9.17, 15) is 8.42 Å². The van der Waals surface area contributed by atoms with Crippen molar-refractivity contribution in [1.82, 2.24) is 0 Å². The molecule has 3 rings (SSSR count). The van der Waals surface area contributed by atoms with E-state index in [4.69, 9.17) is 17.4 Å². The van der Waals surface area contributed by atoms with E-state index < -0.39 is 10.0 Å². The van der Waals surface area contributed by atoms with Gasteiger partial charge in [-0.2, -0.15) is 8.42 Å². The average molecular weight is 334 g/mol. The molecule has 1 aromatic rings. The van der Waals surface area contributed by atoms with Crippen LogP contribution in [0.2, 0.25) is 4.34 Å². The molecule has 0 unspecified atom stereocenters. The number of nitrogens with two attached hydrogens (primary N) is 1. The Morgan fingerprint density at radius 1 is 1.40 bits per heavy atom. The number of thiophene rings is 1. The second-order valence-electron chi connectivity index (χ2n) is 5.28. The standard InChI is InChI=1S/C12H16ClN3O2S2/c13-10-7-9-12(19-10)20(17,18)15-11(16(9)14)6-8-4-2-1-3-5-8/h7-8H,1-6,14H2. The van der Waals surface area contributed by atoms with Gasteiger partial charge >= 0.3 is 0 Å². The highest BCUT2D eigenvalue weighted by atomic mass is 35.5. The van der Waals surface area contributed by atoms with Gasteiger partial charge in [-0.15, -0.1) is 15.7 Å². The van der Waals surface area contributed by atoms with Gasteiger partial charge < -0.3 is 0 Å². The third-order valence-electron chi connectivity index (χ3n) is 3.84. The van der Waals surface area contributed by atoms with Crippen molar-refractivity contribution in [2.24, 2.45) is 16.2 Å². The van der Waals surface area contributed by atoms with Crippen molar-refractivity contribution in [2.45, 2.75) is 42.7 Å². The normalized spacial score (nSPS) is 22.5. The molecular weight excluding hydrogens is 318 g/mol. The predicted octanol–water partition coefficient (Wildman–Crippen LogP) is 3.15. The number of sulfonamides is 1. The molecule has 2 heterocycles. The molecule has 0 radical (unpaired) electrons. The maximum absolute atomic E-state index is 12.2. The summed E-state index contributed by atoms with van der Waals surface area (Å²) in [6, 6.07) is 1.59. The van der Waals surface area contributed by atoms with Crippen LogP contribution in [0.4, 0.5) is 5.69 Å². The molecule has 0 atom stereocenters. The summed E-state index contributed by atoms with van der Waals surface area (Å²) in [7, 11) is -3.65. The number of amidine groups is 1. The number of hydrogen-bond acceptors (Lipinski definition) is 5. The molecule has 8 heteroatoms. The Morgan fingerprint density at radius 2 is 2.10 bits per heavy atom. The molecule has 5 nitrogen and oxygen atoms in total. The van der Waals surface area contributed by atoms with E-state index >= 15 is 0 Å². The second kappa shape index (κ2) is 5.29. The van der Waals surface area contributed by atoms with Crippen LogP contribution >= 0.6 is 22.9 Å². The molecule has 2 aliphatic rings. The molecule has 1 aromatic heterocycles. The molecule has 1 saturated carbocycles. The smallest absolute Gasteiger partial charge is 0.263 e. The zero-order chi connectivity index (χ0) is 14.3. The molecule has 0 amide bonds. The first-order chi connectivity index (χ1) is 9.47. The number of hydrogen-bond donors (Lipinski definition) is 1. The number of rotatable bonds is 2. The van der Waals surface area contributed by atoms with E-state index in [0.29, 0.717) is 28.2 Å². The number of hydrazine groups is 1. The van der Waals surface area contributed by atoms with Crippen molar-refractivity contribution in [3.8, 4) is 0 Å². The Kier molecular flexibility index (Phi) is 3.79. The Labute approximate surface area is 127 Å². The Hall–Kier alpha value is -0.630. The largest absolute Gasteiger partial charge is 0.295 e. The number of fused-ring (bicyclic) bond motifs is 1. The van der Waals surface area contributed by atoms with E-state index in [1.54, 1.807) is 6.07 Å². The zero-order valence-corrected chi connectivity index (χ0v) is 13.3. The van der Waals surface area contributed by atoms with Gasteiger partial charge in [-0.05, 0) is 12.0 Å². The highest BCUT2D eigenvalue weighted by Crippen LogP contribution is 2.41. The first-order valence-electron chi connectivity index (χ1n) is 6.65. The van der Waals surface area contributed by atoms with Crippen LogP contribution in [0.1, 0.15) is 38.5 Å². The van der Waals surface area contributed by atoms with Gasteiger partial charge in [0.25, 0.3) is 10.0 Å². The summed E-state index contributed by atoms with van der Waals surface area (Å²) in [6.45, 7) is 0. The Bertz CT molecular complexity index is 648. The fourth-order valence-electron chi connectivity index (χ4n) is 2.84. The van der Waals surface area contributed by atoms with Crippen molar-refractivity contribution in [3.05, 3.63) is 10.4 Å². The molecule has 0 aromatic carbocycles. The number of anilines is 1. The molecule has 0 bridgehead atoms. The summed E-state index contributed by atoms with van der Waals surface area (Å²) in [5.41, 5.74) is 0.445. The minimum atomic E-state index is -3.65. The monoisotopic (exact) mass is 333 g/mol. The van der Waals surface area contributed by atoms with Crippen molar-refractivity contribution in [1.29, 1.82) is 0 Å². The lowest BCUT2D eigenvalue weighted by Crippen LogP contribution is -2.41. The van der Waals surface area contributed by atoms with Crippen LogP contribution in [0.3, 0.4) is 0 Å². The first kappa shape index (κ1) is 14.3. The van der Waals surface area contributed by atoms with Gasteiger partial charge in [0.05, 0.1) is 10.0 Å². The first-order valence-corrected chi connectivity index (χ1v) is 9.29. The van der Waals surface area contributed by atoms with E-state index in [1.807, 2.05) is 0 Å². The summed E-state index contributed by atoms with van der Waals surface area (Å²) >= 11 is 6.90. The predicted molar refractivity (Wildman–Crippen MR) is 81.8 cm³/mol. The van der Waals surface area contributed by atoms with Crippen LogP contribution < -0.4 is 10.9 Å². The number of halogens is 1. The van der Waals surface area contributed by atoms with Crippen LogP contribution in [-0.2, 0) is 10.0 Å². The average Bonchev–Trinajstić information content (AvgIpc) is 2.80. The van der Waals surface area contributed by atoms with Crippen LogP contribution in [0.15, 0.2) is 14.7 Å². The molecule has 1 aliphatic carbocycles. The summed E-state index contributed by atoms with van der Waals surface area (Å²) in [5.74, 6) is 6.93. The van der Waals surface area contributed by atoms with Crippen LogP contribution in [0, 0.1) is 5.92 Å². The minimum absolute atomic E-state index is 0.136. The SMILES string of the molecule is NN1C(CC2CCCCC2)=NS(=O)(=O)c2sc(Cl)cc21. The second-order valence-corrected chi connectivity index (χ2v) is 8.77. The van der Waals surface area contributed by atoms with E-state index in [-0.39, 0.29) is 4.21 Å². The summed E-state index contributed by atoms with van der Waals surface area (Å²) in [4.78, 5) is 0. The van der Waals surface area contributed by atoms with Gasteiger partial charge in [0.2, 0.25) is 0 Å². The summed E-state index contributed by atoms with van der Waals surface area (Å²) in [6.07, 6.45) is 6.50. The van der Waals surface area contributed by atoms with Gasteiger partial charge in [0.15, 0.2) is 4.21 Å². The third-order valence-corrected chi connectivity index (χ3v) is 6.90. The Balaban J connectivity index is 1.90. The van der Waals surface area contributed by atoms with Crippen molar-refractivity contribution < 1.29 is 8.42 Å². The van der Waals surface area contributed by atoms with Gasteiger partial charge in [0.1, 0.15) is 5.84 Å². The Morgan fingerprint density at radius 3 is 2.80 bits per heavy atom. The maximum atomic E-state index is 12.2. The molecule has 1 aliphatic heterocycles. The van der Waals surface area contributed by atoms with Crippen LogP contribution in [0.5, 0.6) is 0 Å². The lowest BCUT2D eigenvalue weighted by Gasteiger charge is -2.28. The molecule has 0 saturated heterocycles. The van der Waals surface area contributed by atoms with E-state index in [2.05, 4.69) is 4.40 Å². The third kappa shape index (κ3) is 2.59. The maximum Gasteiger partial charge on any atom is 0.295 e. The van der Waals surface area contributed by atoms with Crippen molar-refractivity contribution in [3.63, 3.8) is 0 Å². The molecule has 1 fully saturated rings. The highest BCUT2D eigenvalue weighted by molar-refractivity contribution is 7.92. The quantitative estimate of drug-likeness (QED) is 0.843. The van der Waals surface area contributed by atoms with Gasteiger partial charge in [-0.3, -0.25) is 5.01 Å². The van der Waals surface area contributed by atoms with Gasteiger partial charge in [-0.1, -0.05) is 43.7 Å². The number of nitrogens with zero attached hydrogens (tertiary/aromatic N) is 2. The molecule has 110 valence electrons. The van der Waals surface area contributed by atoms with Crippen LogP contribution in [0.25, 0.3) is 0 Å². The highest BCUT2D eigenvalue weighted by Gasteiger charge is 2.33. The molecular formula is C12H16ClN3O2S2. The fraction of sp³-hybridized carbons (Fsp3) is 0.583. The van der Waals surface area contributed by atoms with E-state index in [0.717, 1.165) is 24.2 Å². The fourth-order valence-corrected chi connectivity index (χ4v) is 5.67. The van der Waals surface area contributed by atoms with Gasteiger partial charge in [-0.25, -0.2) is 5.84 Å². The lowest BCUT2D eigenvalue weighted by molar-refractivity contribution is 0.367. The minimum Gasteiger partial charge on any atom is -0.263 e. The molecule has 20 heavy (non-hydrogen) atoms. The lowest BCUT2D eigenvalue weighted by atomic mass is 9.86. The van der Waals surface area contributed by atoms with Gasteiger partial charge in [0, 0.05) is 6.42 Å². The van der Waals surface area contributed by atoms with Crippen molar-refractivity contribution >= 4 is 44.5 Å². The summed E-state index contributed by atoms with van der Waals surface area (Å²) < 4.78 is 28.8. The zero-order valence-electron chi connectivity index (χ0n) is 10.9. The molecule has 0 spiro atoms.